The van der Waals surface area contributed by atoms with Crippen molar-refractivity contribution in [1.29, 1.82) is 0 Å². The number of nitrogens with zero attached hydrogens (tertiary/aromatic N) is 2. The molecule has 0 saturated carbocycles. The van der Waals surface area contributed by atoms with E-state index in [1.54, 1.807) is 24.3 Å². The lowest BCUT2D eigenvalue weighted by atomic mass is 10.2. The van der Waals surface area contributed by atoms with Crippen LogP contribution in [0.5, 0.6) is 0 Å². The summed E-state index contributed by atoms with van der Waals surface area (Å²) in [7, 11) is 0. The van der Waals surface area contributed by atoms with Gasteiger partial charge in [-0.2, -0.15) is 0 Å². The van der Waals surface area contributed by atoms with Gasteiger partial charge in [0, 0.05) is 38.4 Å². The molecule has 3 rings (SSSR count). The molecule has 0 radical (unpaired) electrons. The maximum atomic E-state index is 12.4. The molecule has 1 N–H and O–H groups in total. The summed E-state index contributed by atoms with van der Waals surface area (Å²) in [6, 6.07) is 17.3. The van der Waals surface area contributed by atoms with Crippen LogP contribution in [0.4, 0.5) is 5.69 Å². The van der Waals surface area contributed by atoms with Crippen LogP contribution in [0.2, 0.25) is 0 Å². The molecular formula is C23H29N3O3. The summed E-state index contributed by atoms with van der Waals surface area (Å²) in [6.45, 7) is 8.61. The number of carbonyl (C=O) groups excluding carboxylic acids is 2. The number of piperazine rings is 1. The summed E-state index contributed by atoms with van der Waals surface area (Å²) < 4.78 is 5.17. The highest BCUT2D eigenvalue weighted by molar-refractivity contribution is 5.94. The van der Waals surface area contributed by atoms with Gasteiger partial charge < -0.3 is 10.1 Å². The van der Waals surface area contributed by atoms with Gasteiger partial charge in [-0.25, -0.2) is 4.79 Å². The molecule has 2 aromatic carbocycles. The third-order valence-corrected chi connectivity index (χ3v) is 4.83. The van der Waals surface area contributed by atoms with E-state index in [1.165, 1.54) is 5.56 Å². The van der Waals surface area contributed by atoms with Gasteiger partial charge in [0.1, 0.15) is 0 Å². The van der Waals surface area contributed by atoms with E-state index < -0.39 is 0 Å². The first-order valence-electron chi connectivity index (χ1n) is 10.1. The largest absolute Gasteiger partial charge is 0.459 e. The topological polar surface area (TPSA) is 61.9 Å². The van der Waals surface area contributed by atoms with Gasteiger partial charge in [0.25, 0.3) is 0 Å². The molecule has 0 spiro atoms. The molecule has 1 amide bonds. The number of benzene rings is 2. The Labute approximate surface area is 172 Å². The second-order valence-corrected chi connectivity index (χ2v) is 7.62. The molecule has 1 saturated heterocycles. The molecule has 0 bridgehead atoms. The summed E-state index contributed by atoms with van der Waals surface area (Å²) in [5.41, 5.74) is 2.48. The summed E-state index contributed by atoms with van der Waals surface area (Å²) in [6.07, 6.45) is -0.157. The first-order valence-corrected chi connectivity index (χ1v) is 10.1. The van der Waals surface area contributed by atoms with Crippen molar-refractivity contribution in [3.63, 3.8) is 0 Å². The fourth-order valence-corrected chi connectivity index (χ4v) is 3.32. The number of rotatable bonds is 7. The lowest BCUT2D eigenvalue weighted by Gasteiger charge is -2.34. The van der Waals surface area contributed by atoms with Gasteiger partial charge in [-0.3, -0.25) is 14.6 Å². The van der Waals surface area contributed by atoms with Crippen LogP contribution >= 0.6 is 0 Å². The number of anilines is 1. The SMILES string of the molecule is CC(C)OC(=O)c1ccc(NC(=O)CN2CCN(Cc3ccccc3)CC2)cc1. The predicted molar refractivity (Wildman–Crippen MR) is 114 cm³/mol. The molecule has 1 fully saturated rings. The molecular weight excluding hydrogens is 366 g/mol. The highest BCUT2D eigenvalue weighted by Crippen LogP contribution is 2.12. The van der Waals surface area contributed by atoms with Gasteiger partial charge in [0.2, 0.25) is 5.91 Å². The third-order valence-electron chi connectivity index (χ3n) is 4.83. The quantitative estimate of drug-likeness (QED) is 0.731. The van der Waals surface area contributed by atoms with E-state index in [0.717, 1.165) is 32.7 Å². The Balaban J connectivity index is 1.41. The molecule has 1 aliphatic rings. The predicted octanol–water partition coefficient (Wildman–Crippen LogP) is 3.01. The van der Waals surface area contributed by atoms with Gasteiger partial charge in [0.05, 0.1) is 18.2 Å². The van der Waals surface area contributed by atoms with Crippen LogP contribution in [0.15, 0.2) is 54.6 Å². The molecule has 1 heterocycles. The van der Waals surface area contributed by atoms with E-state index >= 15 is 0 Å². The van der Waals surface area contributed by atoms with Gasteiger partial charge in [-0.1, -0.05) is 30.3 Å². The van der Waals surface area contributed by atoms with Crippen molar-refractivity contribution in [2.75, 3.05) is 38.0 Å². The lowest BCUT2D eigenvalue weighted by molar-refractivity contribution is -0.117. The van der Waals surface area contributed by atoms with E-state index in [9.17, 15) is 9.59 Å². The number of amides is 1. The Bertz CT molecular complexity index is 798. The van der Waals surface area contributed by atoms with Gasteiger partial charge in [-0.05, 0) is 43.7 Å². The number of ether oxygens (including phenoxy) is 1. The zero-order valence-electron chi connectivity index (χ0n) is 17.1. The fourth-order valence-electron chi connectivity index (χ4n) is 3.32. The Morgan fingerprint density at radius 2 is 1.55 bits per heavy atom. The molecule has 154 valence electrons. The number of carbonyl (C=O) groups is 2. The number of nitrogens with one attached hydrogen (secondary N) is 1. The van der Waals surface area contributed by atoms with Crippen LogP contribution in [0.1, 0.15) is 29.8 Å². The van der Waals surface area contributed by atoms with Crippen molar-refractivity contribution in [2.45, 2.75) is 26.5 Å². The maximum Gasteiger partial charge on any atom is 0.338 e. The zero-order chi connectivity index (χ0) is 20.6. The van der Waals surface area contributed by atoms with E-state index in [1.807, 2.05) is 19.9 Å². The second-order valence-electron chi connectivity index (χ2n) is 7.62. The molecule has 6 heteroatoms. The molecule has 0 unspecified atom stereocenters. The van der Waals surface area contributed by atoms with Gasteiger partial charge >= 0.3 is 5.97 Å². The average molecular weight is 396 g/mol. The van der Waals surface area contributed by atoms with Crippen LogP contribution in [0, 0.1) is 0 Å². The van der Waals surface area contributed by atoms with Crippen LogP contribution < -0.4 is 5.32 Å². The smallest absolute Gasteiger partial charge is 0.338 e. The van der Waals surface area contributed by atoms with Crippen LogP contribution in [-0.4, -0.2) is 60.5 Å². The van der Waals surface area contributed by atoms with Crippen molar-refractivity contribution < 1.29 is 14.3 Å². The average Bonchev–Trinajstić information content (AvgIpc) is 2.70. The number of hydrogen-bond donors (Lipinski definition) is 1. The minimum absolute atomic E-state index is 0.0426. The molecule has 0 aliphatic carbocycles. The van der Waals surface area contributed by atoms with Crippen molar-refractivity contribution in [2.24, 2.45) is 0 Å². The van der Waals surface area contributed by atoms with Gasteiger partial charge in [-0.15, -0.1) is 0 Å². The molecule has 29 heavy (non-hydrogen) atoms. The first kappa shape index (κ1) is 21.0. The van der Waals surface area contributed by atoms with Crippen LogP contribution in [0.3, 0.4) is 0 Å². The van der Waals surface area contributed by atoms with E-state index in [-0.39, 0.29) is 18.0 Å². The Kier molecular flexibility index (Phi) is 7.38. The van der Waals surface area contributed by atoms with Crippen molar-refractivity contribution in [1.82, 2.24) is 9.80 Å². The zero-order valence-corrected chi connectivity index (χ0v) is 17.1. The molecule has 0 atom stereocenters. The Morgan fingerprint density at radius 3 is 2.17 bits per heavy atom. The highest BCUT2D eigenvalue weighted by atomic mass is 16.5. The molecule has 6 nitrogen and oxygen atoms in total. The van der Waals surface area contributed by atoms with Gasteiger partial charge in [0.15, 0.2) is 0 Å². The monoisotopic (exact) mass is 395 g/mol. The van der Waals surface area contributed by atoms with Crippen LogP contribution in [0.25, 0.3) is 0 Å². The lowest BCUT2D eigenvalue weighted by Crippen LogP contribution is -2.48. The summed E-state index contributed by atoms with van der Waals surface area (Å²) in [5.74, 6) is -0.398. The van der Waals surface area contributed by atoms with E-state index in [4.69, 9.17) is 4.74 Å². The van der Waals surface area contributed by atoms with E-state index in [2.05, 4.69) is 39.4 Å². The van der Waals surface area contributed by atoms with Crippen LogP contribution in [-0.2, 0) is 16.1 Å². The fraction of sp³-hybridized carbons (Fsp3) is 0.391. The third kappa shape index (κ3) is 6.69. The molecule has 2 aromatic rings. The standard InChI is InChI=1S/C23H29N3O3/c1-18(2)29-23(28)20-8-10-21(11-9-20)24-22(27)17-26-14-12-25(13-15-26)16-19-6-4-3-5-7-19/h3-11,18H,12-17H2,1-2H3,(H,24,27). The normalized spacial score (nSPS) is 15.3. The minimum atomic E-state index is -0.355. The Morgan fingerprint density at radius 1 is 0.931 bits per heavy atom. The van der Waals surface area contributed by atoms with E-state index in [0.29, 0.717) is 17.8 Å². The molecule has 0 aromatic heterocycles. The van der Waals surface area contributed by atoms with Crippen molar-refractivity contribution in [3.05, 3.63) is 65.7 Å². The van der Waals surface area contributed by atoms with Crippen molar-refractivity contribution in [3.8, 4) is 0 Å². The second kappa shape index (κ2) is 10.2. The summed E-state index contributed by atoms with van der Waals surface area (Å²) in [5, 5.41) is 2.90. The minimum Gasteiger partial charge on any atom is -0.459 e. The highest BCUT2D eigenvalue weighted by Gasteiger charge is 2.19. The summed E-state index contributed by atoms with van der Waals surface area (Å²) >= 11 is 0. The Hall–Kier alpha value is -2.70. The first-order chi connectivity index (χ1) is 14.0. The maximum absolute atomic E-state index is 12.4. The number of hydrogen-bond acceptors (Lipinski definition) is 5. The van der Waals surface area contributed by atoms with Crippen molar-refractivity contribution >= 4 is 17.6 Å². The molecule has 1 aliphatic heterocycles. The number of esters is 1. The summed E-state index contributed by atoms with van der Waals surface area (Å²) in [4.78, 5) is 28.8.